The first-order chi connectivity index (χ1) is 11.0. The number of nitrogens with zero attached hydrogens (tertiary/aromatic N) is 1. The molecule has 1 fully saturated rings. The van der Waals surface area contributed by atoms with Crippen LogP contribution >= 0.6 is 0 Å². The van der Waals surface area contributed by atoms with E-state index in [1.165, 1.54) is 6.07 Å². The van der Waals surface area contributed by atoms with E-state index >= 15 is 0 Å². The molecule has 0 aliphatic carbocycles. The molecule has 0 aromatic carbocycles. The summed E-state index contributed by atoms with van der Waals surface area (Å²) in [5, 5.41) is 17.2. The Labute approximate surface area is 132 Å². The number of hydrogen-bond acceptors (Lipinski definition) is 5. The Hall–Kier alpha value is -2.09. The molecule has 3 aliphatic heterocycles. The molecule has 0 unspecified atom stereocenters. The first kappa shape index (κ1) is 14.5. The van der Waals surface area contributed by atoms with Gasteiger partial charge in [-0.3, -0.25) is 25.0 Å². The van der Waals surface area contributed by atoms with Crippen molar-refractivity contribution in [2.75, 3.05) is 6.54 Å². The van der Waals surface area contributed by atoms with Gasteiger partial charge in [-0.1, -0.05) is 6.92 Å². The van der Waals surface area contributed by atoms with Crippen molar-refractivity contribution in [2.45, 2.75) is 50.4 Å². The average molecular weight is 320 g/mol. The lowest BCUT2D eigenvalue weighted by molar-refractivity contribution is -0.621. The van der Waals surface area contributed by atoms with Crippen LogP contribution in [0.1, 0.15) is 25.5 Å². The van der Waals surface area contributed by atoms with E-state index in [-0.39, 0.29) is 29.7 Å². The predicted octanol–water partition coefficient (Wildman–Crippen LogP) is -1.92. The molecule has 23 heavy (non-hydrogen) atoms. The molecule has 8 heteroatoms. The van der Waals surface area contributed by atoms with Crippen LogP contribution in [0.2, 0.25) is 0 Å². The molecule has 3 aliphatic rings. The van der Waals surface area contributed by atoms with Crippen molar-refractivity contribution in [3.8, 4) is 0 Å². The molecule has 5 atom stereocenters. The van der Waals surface area contributed by atoms with E-state index in [9.17, 15) is 14.7 Å². The highest BCUT2D eigenvalue weighted by Crippen LogP contribution is 2.31. The van der Waals surface area contributed by atoms with Crippen LogP contribution < -0.4 is 21.9 Å². The number of nitrogens with one attached hydrogen (secondary N) is 4. The van der Waals surface area contributed by atoms with Gasteiger partial charge in [-0.15, -0.1) is 0 Å². The van der Waals surface area contributed by atoms with E-state index < -0.39 is 5.69 Å². The zero-order chi connectivity index (χ0) is 16.1. The van der Waals surface area contributed by atoms with Crippen LogP contribution in [-0.4, -0.2) is 56.4 Å². The summed E-state index contributed by atoms with van der Waals surface area (Å²) >= 11 is 0. The van der Waals surface area contributed by atoms with Gasteiger partial charge in [0.1, 0.15) is 6.04 Å². The molecule has 5 N–H and O–H groups in total. The Kier molecular flexibility index (Phi) is 3.29. The minimum atomic E-state index is -0.474. The SMILES string of the molecule is C[C@@H]1[C@H]2CNC3=[N+]2[C@@H](C[C@H](Cc2cc(=O)[nH]c(=O)[nH]2)N3)C[C@@H]1O. The van der Waals surface area contributed by atoms with Gasteiger partial charge in [0, 0.05) is 36.9 Å². The highest BCUT2D eigenvalue weighted by Gasteiger charge is 2.49. The second-order valence-corrected chi connectivity index (χ2v) is 6.91. The number of aromatic amines is 2. The number of aliphatic hydroxyl groups excluding tert-OH is 1. The number of piperidine rings is 1. The van der Waals surface area contributed by atoms with Crippen LogP contribution in [0.15, 0.2) is 15.7 Å². The molecule has 8 nitrogen and oxygen atoms in total. The second-order valence-electron chi connectivity index (χ2n) is 6.91. The highest BCUT2D eigenvalue weighted by molar-refractivity contribution is 5.77. The largest absolute Gasteiger partial charge is 0.393 e. The van der Waals surface area contributed by atoms with Crippen molar-refractivity contribution in [3.05, 3.63) is 32.6 Å². The Morgan fingerprint density at radius 3 is 2.91 bits per heavy atom. The van der Waals surface area contributed by atoms with Gasteiger partial charge >= 0.3 is 11.6 Å². The molecule has 4 rings (SSSR count). The van der Waals surface area contributed by atoms with Crippen molar-refractivity contribution >= 4 is 5.96 Å². The summed E-state index contributed by atoms with van der Waals surface area (Å²) < 4.78 is 2.37. The Balaban J connectivity index is 1.58. The number of H-pyrrole nitrogens is 2. The topological polar surface area (TPSA) is 113 Å². The minimum absolute atomic E-state index is 0.121. The van der Waals surface area contributed by atoms with Gasteiger partial charge in [0.25, 0.3) is 5.56 Å². The minimum Gasteiger partial charge on any atom is -0.393 e. The molecule has 0 radical (unpaired) electrons. The number of rotatable bonds is 2. The van der Waals surface area contributed by atoms with E-state index in [4.69, 9.17) is 0 Å². The third kappa shape index (κ3) is 2.46. The van der Waals surface area contributed by atoms with Crippen LogP contribution in [0, 0.1) is 5.92 Å². The summed E-state index contributed by atoms with van der Waals surface area (Å²) in [4.78, 5) is 27.7. The summed E-state index contributed by atoms with van der Waals surface area (Å²) in [6.45, 7) is 2.94. The zero-order valence-corrected chi connectivity index (χ0v) is 13.0. The molecule has 4 heterocycles. The van der Waals surface area contributed by atoms with Gasteiger partial charge in [-0.25, -0.2) is 4.79 Å². The number of guanidine groups is 1. The van der Waals surface area contributed by atoms with Crippen molar-refractivity contribution < 1.29 is 9.68 Å². The molecule has 1 aromatic heterocycles. The molecule has 124 valence electrons. The molecular weight excluding hydrogens is 298 g/mol. The fraction of sp³-hybridized carbons (Fsp3) is 0.667. The van der Waals surface area contributed by atoms with E-state index in [0.717, 1.165) is 25.3 Å². The zero-order valence-electron chi connectivity index (χ0n) is 13.0. The summed E-state index contributed by atoms with van der Waals surface area (Å²) in [6, 6.07) is 2.17. The maximum Gasteiger partial charge on any atom is 0.346 e. The van der Waals surface area contributed by atoms with Crippen LogP contribution in [0.25, 0.3) is 0 Å². The van der Waals surface area contributed by atoms with Gasteiger partial charge in [0.05, 0.1) is 24.7 Å². The quantitative estimate of drug-likeness (QED) is 0.408. The fourth-order valence-corrected chi connectivity index (χ4v) is 4.26. The third-order valence-corrected chi connectivity index (χ3v) is 5.39. The van der Waals surface area contributed by atoms with E-state index in [1.54, 1.807) is 0 Å². The highest BCUT2D eigenvalue weighted by atomic mass is 16.3. The standard InChI is InChI=1S/C15H21N5O3/c1-7-11-6-16-14-17-8(3-10(20(11)14)5-12(7)21)2-9-4-13(22)19-15(23)18-9/h4,7-8,10-12,21H,2-3,5-6H2,1H3,(H3,16,17,18,19,22,23)/p+1/t7-,8+,10+,11-,12+/m1/s1. The normalized spacial score (nSPS) is 35.5. The van der Waals surface area contributed by atoms with E-state index in [1.807, 2.05) is 0 Å². The van der Waals surface area contributed by atoms with Gasteiger partial charge in [0.15, 0.2) is 0 Å². The molecule has 0 saturated carbocycles. The van der Waals surface area contributed by atoms with Gasteiger partial charge in [0.2, 0.25) is 0 Å². The molecule has 0 amide bonds. The van der Waals surface area contributed by atoms with Crippen molar-refractivity contribution in [3.63, 3.8) is 0 Å². The maximum atomic E-state index is 11.4. The first-order valence-corrected chi connectivity index (χ1v) is 8.17. The molecule has 0 bridgehead atoms. The molecule has 0 spiro atoms. The summed E-state index contributed by atoms with van der Waals surface area (Å²) in [7, 11) is 0. The smallest absolute Gasteiger partial charge is 0.346 e. The Bertz CT molecular complexity index is 739. The molecule has 1 aromatic rings. The van der Waals surface area contributed by atoms with Crippen LogP contribution in [0.4, 0.5) is 0 Å². The van der Waals surface area contributed by atoms with Crippen LogP contribution in [0.5, 0.6) is 0 Å². The van der Waals surface area contributed by atoms with Gasteiger partial charge in [-0.05, 0) is 0 Å². The van der Waals surface area contributed by atoms with E-state index in [2.05, 4.69) is 32.1 Å². The molecule has 1 saturated heterocycles. The Morgan fingerprint density at radius 2 is 2.13 bits per heavy atom. The van der Waals surface area contributed by atoms with Crippen molar-refractivity contribution in [1.29, 1.82) is 0 Å². The summed E-state index contributed by atoms with van der Waals surface area (Å²) in [6.07, 6.45) is 1.93. The average Bonchev–Trinajstić information content (AvgIpc) is 2.88. The Morgan fingerprint density at radius 1 is 1.30 bits per heavy atom. The van der Waals surface area contributed by atoms with Crippen LogP contribution in [-0.2, 0) is 6.42 Å². The first-order valence-electron chi connectivity index (χ1n) is 8.17. The van der Waals surface area contributed by atoms with Crippen molar-refractivity contribution in [1.82, 2.24) is 20.6 Å². The van der Waals surface area contributed by atoms with Gasteiger partial charge < -0.3 is 10.1 Å². The van der Waals surface area contributed by atoms with E-state index in [0.29, 0.717) is 18.2 Å². The number of hydrogen-bond donors (Lipinski definition) is 5. The second kappa shape index (κ2) is 5.23. The van der Waals surface area contributed by atoms with Crippen LogP contribution in [0.3, 0.4) is 0 Å². The number of aliphatic hydroxyl groups is 1. The lowest BCUT2D eigenvalue weighted by Crippen LogP contribution is -2.58. The van der Waals surface area contributed by atoms with Gasteiger partial charge in [-0.2, -0.15) is 0 Å². The maximum absolute atomic E-state index is 11.4. The monoisotopic (exact) mass is 320 g/mol. The molecular formula is C15H22N5O3+. The van der Waals surface area contributed by atoms with Crippen molar-refractivity contribution in [2.24, 2.45) is 5.92 Å². The third-order valence-electron chi connectivity index (χ3n) is 5.39. The summed E-state index contributed by atoms with van der Waals surface area (Å²) in [5.74, 6) is 1.26. The summed E-state index contributed by atoms with van der Waals surface area (Å²) in [5.41, 5.74) is -0.224. The predicted molar refractivity (Wildman–Crippen MR) is 83.6 cm³/mol. The lowest BCUT2D eigenvalue weighted by atomic mass is 9.83. The fourth-order valence-electron chi connectivity index (χ4n) is 4.26. The lowest BCUT2D eigenvalue weighted by Gasteiger charge is -2.39. The number of aromatic nitrogens is 2.